The van der Waals surface area contributed by atoms with E-state index < -0.39 is 0 Å². The molecule has 1 aromatic rings. The molecule has 1 saturated carbocycles. The van der Waals surface area contributed by atoms with Crippen molar-refractivity contribution < 1.29 is 9.84 Å². The molecule has 0 saturated heterocycles. The average Bonchev–Trinajstić information content (AvgIpc) is 3.26. The second-order valence-corrected chi connectivity index (χ2v) is 5.51. The molecule has 0 amide bonds. The second-order valence-electron chi connectivity index (χ2n) is 5.11. The summed E-state index contributed by atoms with van der Waals surface area (Å²) in [4.78, 5) is 2.09. The van der Waals surface area contributed by atoms with E-state index in [1.54, 1.807) is 7.11 Å². The van der Waals surface area contributed by atoms with Crippen LogP contribution in [0.25, 0.3) is 0 Å². The third-order valence-electron chi connectivity index (χ3n) is 3.48. The Kier molecular flexibility index (Phi) is 6.10. The number of hydrogen-bond acceptors (Lipinski definition) is 4. The summed E-state index contributed by atoms with van der Waals surface area (Å²) in [5, 5.41) is 13.5. The Morgan fingerprint density at radius 1 is 1.40 bits per heavy atom. The Morgan fingerprint density at radius 3 is 2.85 bits per heavy atom. The standard InChI is InChI=1S/C15H23ClN2O2/c1-20-10-8-18(7-9-19)15-12(3-2-4-14(15)16)11-17-13-5-6-13/h2-4,13,17,19H,5-11H2,1H3. The number of para-hydroxylation sites is 1. The molecule has 1 aliphatic rings. The predicted octanol–water partition coefficient (Wildman–Crippen LogP) is 2.04. The SMILES string of the molecule is COCCN(CCO)c1c(Cl)cccc1CNC1CC1. The number of ether oxygens (including phenoxy) is 1. The van der Waals surface area contributed by atoms with Crippen molar-refractivity contribution in [3.8, 4) is 0 Å². The number of benzene rings is 1. The van der Waals surface area contributed by atoms with Gasteiger partial charge in [0.05, 0.1) is 23.9 Å². The van der Waals surface area contributed by atoms with Crippen LogP contribution in [0.5, 0.6) is 0 Å². The first-order chi connectivity index (χ1) is 9.76. The third-order valence-corrected chi connectivity index (χ3v) is 3.79. The van der Waals surface area contributed by atoms with Gasteiger partial charge in [0.2, 0.25) is 0 Å². The van der Waals surface area contributed by atoms with Crippen molar-refractivity contribution >= 4 is 17.3 Å². The first kappa shape index (κ1) is 15.6. The van der Waals surface area contributed by atoms with Crippen molar-refractivity contribution in [2.75, 3.05) is 38.3 Å². The summed E-state index contributed by atoms with van der Waals surface area (Å²) >= 11 is 6.38. The lowest BCUT2D eigenvalue weighted by molar-refractivity contribution is 0.203. The van der Waals surface area contributed by atoms with Gasteiger partial charge in [0.15, 0.2) is 0 Å². The monoisotopic (exact) mass is 298 g/mol. The van der Waals surface area contributed by atoms with Crippen molar-refractivity contribution in [1.29, 1.82) is 0 Å². The zero-order chi connectivity index (χ0) is 14.4. The fraction of sp³-hybridized carbons (Fsp3) is 0.600. The van der Waals surface area contributed by atoms with Gasteiger partial charge in [-0.2, -0.15) is 0 Å². The highest BCUT2D eigenvalue weighted by molar-refractivity contribution is 6.33. The van der Waals surface area contributed by atoms with Crippen LogP contribution < -0.4 is 10.2 Å². The number of aliphatic hydroxyl groups excluding tert-OH is 1. The van der Waals surface area contributed by atoms with Crippen LogP contribution in [0.1, 0.15) is 18.4 Å². The number of nitrogens with one attached hydrogen (secondary N) is 1. The van der Waals surface area contributed by atoms with Gasteiger partial charge in [0.1, 0.15) is 0 Å². The average molecular weight is 299 g/mol. The van der Waals surface area contributed by atoms with Gasteiger partial charge in [-0.3, -0.25) is 0 Å². The summed E-state index contributed by atoms with van der Waals surface area (Å²) in [7, 11) is 1.68. The normalized spacial score (nSPS) is 14.6. The van der Waals surface area contributed by atoms with E-state index in [1.807, 2.05) is 12.1 Å². The number of methoxy groups -OCH3 is 1. The summed E-state index contributed by atoms with van der Waals surface area (Å²) in [5.74, 6) is 0. The van der Waals surface area contributed by atoms with Crippen molar-refractivity contribution in [2.45, 2.75) is 25.4 Å². The first-order valence-corrected chi connectivity index (χ1v) is 7.49. The van der Waals surface area contributed by atoms with Crippen LogP contribution in [0.3, 0.4) is 0 Å². The molecule has 1 fully saturated rings. The molecular weight excluding hydrogens is 276 g/mol. The summed E-state index contributed by atoms with van der Waals surface area (Å²) in [6.45, 7) is 2.81. The molecule has 0 bridgehead atoms. The van der Waals surface area contributed by atoms with Crippen molar-refractivity contribution in [1.82, 2.24) is 5.32 Å². The van der Waals surface area contributed by atoms with Crippen LogP contribution in [0.15, 0.2) is 18.2 Å². The zero-order valence-corrected chi connectivity index (χ0v) is 12.7. The lowest BCUT2D eigenvalue weighted by atomic mass is 10.1. The van der Waals surface area contributed by atoms with Crippen LogP contribution in [-0.2, 0) is 11.3 Å². The molecule has 1 aliphatic carbocycles. The molecule has 2 rings (SSSR count). The van der Waals surface area contributed by atoms with E-state index in [0.717, 1.165) is 23.8 Å². The lowest BCUT2D eigenvalue weighted by Crippen LogP contribution is -2.32. The molecule has 2 N–H and O–H groups in total. The first-order valence-electron chi connectivity index (χ1n) is 7.11. The Balaban J connectivity index is 2.15. The largest absolute Gasteiger partial charge is 0.395 e. The predicted molar refractivity (Wildman–Crippen MR) is 82.5 cm³/mol. The van der Waals surface area contributed by atoms with E-state index in [0.29, 0.717) is 19.2 Å². The molecule has 0 aromatic heterocycles. The van der Waals surface area contributed by atoms with E-state index in [9.17, 15) is 5.11 Å². The molecular formula is C15H23ClN2O2. The van der Waals surface area contributed by atoms with Crippen LogP contribution in [0.4, 0.5) is 5.69 Å². The topological polar surface area (TPSA) is 44.7 Å². The molecule has 112 valence electrons. The van der Waals surface area contributed by atoms with Gasteiger partial charge in [-0.25, -0.2) is 0 Å². The molecule has 5 heteroatoms. The van der Waals surface area contributed by atoms with Crippen molar-refractivity contribution in [2.24, 2.45) is 0 Å². The lowest BCUT2D eigenvalue weighted by Gasteiger charge is -2.27. The van der Waals surface area contributed by atoms with Gasteiger partial charge < -0.3 is 20.1 Å². The Hall–Kier alpha value is -0.810. The van der Waals surface area contributed by atoms with E-state index in [4.69, 9.17) is 16.3 Å². The third kappa shape index (κ3) is 4.35. The van der Waals surface area contributed by atoms with Crippen LogP contribution in [-0.4, -0.2) is 44.6 Å². The van der Waals surface area contributed by atoms with Gasteiger partial charge in [0.25, 0.3) is 0 Å². The smallest absolute Gasteiger partial charge is 0.0642 e. The summed E-state index contributed by atoms with van der Waals surface area (Å²) < 4.78 is 5.15. The van der Waals surface area contributed by atoms with E-state index in [2.05, 4.69) is 16.3 Å². The van der Waals surface area contributed by atoms with Gasteiger partial charge in [-0.1, -0.05) is 23.7 Å². The fourth-order valence-corrected chi connectivity index (χ4v) is 2.57. The van der Waals surface area contributed by atoms with Gasteiger partial charge in [-0.15, -0.1) is 0 Å². The van der Waals surface area contributed by atoms with Crippen molar-refractivity contribution in [3.05, 3.63) is 28.8 Å². The molecule has 0 radical (unpaired) electrons. The second kappa shape index (κ2) is 7.84. The number of anilines is 1. The summed E-state index contributed by atoms with van der Waals surface area (Å²) in [6, 6.07) is 6.62. The van der Waals surface area contributed by atoms with Crippen LogP contribution >= 0.6 is 11.6 Å². The van der Waals surface area contributed by atoms with Crippen LogP contribution in [0.2, 0.25) is 5.02 Å². The van der Waals surface area contributed by atoms with E-state index in [1.165, 1.54) is 18.4 Å². The Morgan fingerprint density at radius 2 is 2.20 bits per heavy atom. The maximum absolute atomic E-state index is 9.27. The number of nitrogens with zero attached hydrogens (tertiary/aromatic N) is 1. The van der Waals surface area contributed by atoms with Gasteiger partial charge in [-0.05, 0) is 24.5 Å². The highest BCUT2D eigenvalue weighted by atomic mass is 35.5. The summed E-state index contributed by atoms with van der Waals surface area (Å²) in [5.41, 5.74) is 2.18. The number of halogens is 1. The minimum atomic E-state index is 0.102. The molecule has 0 aliphatic heterocycles. The number of rotatable bonds is 9. The maximum Gasteiger partial charge on any atom is 0.0642 e. The molecule has 20 heavy (non-hydrogen) atoms. The van der Waals surface area contributed by atoms with E-state index in [-0.39, 0.29) is 6.61 Å². The Bertz CT molecular complexity index is 424. The highest BCUT2D eigenvalue weighted by Gasteiger charge is 2.21. The maximum atomic E-state index is 9.27. The zero-order valence-electron chi connectivity index (χ0n) is 11.9. The summed E-state index contributed by atoms with van der Waals surface area (Å²) in [6.07, 6.45) is 2.53. The molecule has 1 aromatic carbocycles. The number of hydrogen-bond donors (Lipinski definition) is 2. The molecule has 0 unspecified atom stereocenters. The number of aliphatic hydroxyl groups is 1. The van der Waals surface area contributed by atoms with Crippen LogP contribution in [0, 0.1) is 0 Å². The molecule has 0 spiro atoms. The van der Waals surface area contributed by atoms with Gasteiger partial charge >= 0.3 is 0 Å². The minimum Gasteiger partial charge on any atom is -0.395 e. The quantitative estimate of drug-likeness (QED) is 0.732. The highest BCUT2D eigenvalue weighted by Crippen LogP contribution is 2.30. The minimum absolute atomic E-state index is 0.102. The van der Waals surface area contributed by atoms with Crippen molar-refractivity contribution in [3.63, 3.8) is 0 Å². The van der Waals surface area contributed by atoms with Gasteiger partial charge in [0, 0.05) is 32.8 Å². The molecule has 0 heterocycles. The molecule has 0 atom stereocenters. The molecule has 4 nitrogen and oxygen atoms in total. The fourth-order valence-electron chi connectivity index (χ4n) is 2.26. The van der Waals surface area contributed by atoms with E-state index >= 15 is 0 Å². The Labute approximate surface area is 125 Å².